The lowest BCUT2D eigenvalue weighted by Gasteiger charge is -2.33. The number of para-hydroxylation sites is 2. The highest BCUT2D eigenvalue weighted by molar-refractivity contribution is 5.23. The summed E-state index contributed by atoms with van der Waals surface area (Å²) in [4.78, 5) is 0. The molecule has 4 nitrogen and oxygen atoms in total. The summed E-state index contributed by atoms with van der Waals surface area (Å²) >= 11 is 0. The van der Waals surface area contributed by atoms with Gasteiger partial charge in [0.2, 0.25) is 0 Å². The third kappa shape index (κ3) is 9.57. The maximum atomic E-state index is 5.86. The van der Waals surface area contributed by atoms with Crippen LogP contribution < -0.4 is 20.1 Å². The van der Waals surface area contributed by atoms with Crippen molar-refractivity contribution in [3.8, 4) is 11.5 Å². The topological polar surface area (TPSA) is 42.5 Å². The van der Waals surface area contributed by atoms with Gasteiger partial charge in [0.15, 0.2) is 0 Å². The van der Waals surface area contributed by atoms with Crippen LogP contribution in [0.15, 0.2) is 146 Å². The Hall–Kier alpha value is -4.12. The van der Waals surface area contributed by atoms with Gasteiger partial charge >= 0.3 is 0 Å². The minimum absolute atomic E-state index is 0.123. The summed E-state index contributed by atoms with van der Waals surface area (Å²) < 4.78 is 11.7. The average molecular weight is 533 g/mol. The number of hydrogen-bond donors (Lipinski definition) is 2. The molecule has 206 valence electrons. The summed E-state index contributed by atoms with van der Waals surface area (Å²) in [6.45, 7) is 4.44. The number of rotatable bonds is 15. The minimum atomic E-state index is 0.123. The molecule has 0 fully saturated rings. The Bertz CT molecular complexity index is 1170. The molecule has 4 atom stereocenters. The standard InChI is InChI=1S/C36H40N2O2/c1-29(31-17-7-3-8-18-31)37-35(25-15-27-39-33-21-11-5-12-22-33)36(38-30(2)32-19-9-4-10-20-32)26-16-28-40-34-23-13-6-14-24-34/h3-24,27-30,35-38H,25-26H2,1-2H3/b27-15-,28-16-/t29-,30-,35+,36+/m0/s1. The summed E-state index contributed by atoms with van der Waals surface area (Å²) in [7, 11) is 0. The molecule has 0 heterocycles. The lowest BCUT2D eigenvalue weighted by atomic mass is 9.96. The van der Waals surface area contributed by atoms with Gasteiger partial charge in [0.05, 0.1) is 12.5 Å². The van der Waals surface area contributed by atoms with Crippen LogP contribution in [0.2, 0.25) is 0 Å². The molecule has 4 aromatic carbocycles. The van der Waals surface area contributed by atoms with E-state index in [9.17, 15) is 0 Å². The summed E-state index contributed by atoms with van der Waals surface area (Å²) in [5, 5.41) is 7.81. The van der Waals surface area contributed by atoms with Gasteiger partial charge in [-0.15, -0.1) is 0 Å². The smallest absolute Gasteiger partial charge is 0.126 e. The van der Waals surface area contributed by atoms with Crippen LogP contribution in [0.3, 0.4) is 0 Å². The third-order valence-electron chi connectivity index (χ3n) is 6.88. The SMILES string of the molecule is C[C@H](N[C@H](C/C=C\Oc1ccccc1)[C@@H](C/C=C\Oc1ccccc1)N[C@@H](C)c1ccccc1)c1ccccc1. The van der Waals surface area contributed by atoms with Crippen LogP contribution in [0.25, 0.3) is 0 Å². The predicted molar refractivity (Wildman–Crippen MR) is 165 cm³/mol. The molecular weight excluding hydrogens is 492 g/mol. The van der Waals surface area contributed by atoms with Crippen LogP contribution in [0.1, 0.15) is 49.9 Å². The Morgan fingerprint density at radius 3 is 1.18 bits per heavy atom. The van der Waals surface area contributed by atoms with E-state index in [0.717, 1.165) is 24.3 Å². The molecule has 0 spiro atoms. The summed E-state index contributed by atoms with van der Waals surface area (Å²) in [6, 6.07) is 41.5. The van der Waals surface area contributed by atoms with Crippen molar-refractivity contribution in [2.75, 3.05) is 0 Å². The first-order valence-corrected chi connectivity index (χ1v) is 14.0. The van der Waals surface area contributed by atoms with Crippen molar-refractivity contribution in [3.05, 3.63) is 157 Å². The molecule has 0 aliphatic heterocycles. The zero-order valence-corrected chi connectivity index (χ0v) is 23.4. The van der Waals surface area contributed by atoms with Crippen LogP contribution >= 0.6 is 0 Å². The third-order valence-corrected chi connectivity index (χ3v) is 6.88. The highest BCUT2D eigenvalue weighted by atomic mass is 16.5. The van der Waals surface area contributed by atoms with E-state index in [0.29, 0.717) is 0 Å². The molecule has 0 radical (unpaired) electrons. The molecule has 0 aromatic heterocycles. The van der Waals surface area contributed by atoms with Gasteiger partial charge in [-0.1, -0.05) is 97.1 Å². The average Bonchev–Trinajstić information content (AvgIpc) is 3.02. The lowest BCUT2D eigenvalue weighted by Crippen LogP contribution is -2.49. The molecule has 0 aliphatic carbocycles. The Balaban J connectivity index is 1.52. The zero-order valence-electron chi connectivity index (χ0n) is 23.4. The molecule has 0 saturated heterocycles. The van der Waals surface area contributed by atoms with Gasteiger partial charge in [0, 0.05) is 24.2 Å². The maximum absolute atomic E-state index is 5.86. The number of ether oxygens (including phenoxy) is 2. The van der Waals surface area contributed by atoms with E-state index in [1.54, 1.807) is 12.5 Å². The summed E-state index contributed by atoms with van der Waals surface area (Å²) in [6.07, 6.45) is 9.38. The molecule has 0 aliphatic rings. The van der Waals surface area contributed by atoms with Crippen LogP contribution in [-0.2, 0) is 0 Å². The molecule has 0 unspecified atom stereocenters. The van der Waals surface area contributed by atoms with Crippen LogP contribution in [0, 0.1) is 0 Å². The van der Waals surface area contributed by atoms with Crippen molar-refractivity contribution in [3.63, 3.8) is 0 Å². The quantitative estimate of drug-likeness (QED) is 0.151. The Kier molecular flexibility index (Phi) is 11.6. The second-order valence-corrected chi connectivity index (χ2v) is 9.89. The van der Waals surface area contributed by atoms with Crippen LogP contribution in [-0.4, -0.2) is 12.1 Å². The molecule has 0 saturated carbocycles. The highest BCUT2D eigenvalue weighted by Crippen LogP contribution is 2.20. The number of nitrogens with one attached hydrogen (secondary N) is 2. The van der Waals surface area contributed by atoms with E-state index >= 15 is 0 Å². The van der Waals surface area contributed by atoms with E-state index in [-0.39, 0.29) is 24.2 Å². The highest BCUT2D eigenvalue weighted by Gasteiger charge is 2.24. The largest absolute Gasteiger partial charge is 0.465 e. The first-order valence-electron chi connectivity index (χ1n) is 14.0. The molecule has 4 aromatic rings. The van der Waals surface area contributed by atoms with E-state index in [1.807, 2.05) is 60.7 Å². The van der Waals surface area contributed by atoms with E-state index in [1.165, 1.54) is 11.1 Å². The van der Waals surface area contributed by atoms with Gasteiger partial charge in [-0.2, -0.15) is 0 Å². The molecule has 4 heteroatoms. The van der Waals surface area contributed by atoms with E-state index in [2.05, 4.69) is 97.3 Å². The Morgan fingerprint density at radius 2 is 0.825 bits per heavy atom. The van der Waals surface area contributed by atoms with Gasteiger partial charge in [0.25, 0.3) is 0 Å². The van der Waals surface area contributed by atoms with Crippen LogP contribution in [0.5, 0.6) is 11.5 Å². The fraction of sp³-hybridized carbons (Fsp3) is 0.222. The van der Waals surface area contributed by atoms with Gasteiger partial charge < -0.3 is 20.1 Å². The van der Waals surface area contributed by atoms with Crippen LogP contribution in [0.4, 0.5) is 0 Å². The van der Waals surface area contributed by atoms with Gasteiger partial charge in [-0.3, -0.25) is 0 Å². The fourth-order valence-corrected chi connectivity index (χ4v) is 4.67. The predicted octanol–water partition coefficient (Wildman–Crippen LogP) is 8.39. The summed E-state index contributed by atoms with van der Waals surface area (Å²) in [5.74, 6) is 1.66. The first kappa shape index (κ1) is 28.9. The zero-order chi connectivity index (χ0) is 27.8. The van der Waals surface area contributed by atoms with Gasteiger partial charge in [0.1, 0.15) is 11.5 Å². The Labute approximate surface area is 239 Å². The monoisotopic (exact) mass is 532 g/mol. The second-order valence-electron chi connectivity index (χ2n) is 9.89. The maximum Gasteiger partial charge on any atom is 0.126 e. The van der Waals surface area contributed by atoms with E-state index < -0.39 is 0 Å². The van der Waals surface area contributed by atoms with Crippen molar-refractivity contribution < 1.29 is 9.47 Å². The number of hydrogen-bond acceptors (Lipinski definition) is 4. The minimum Gasteiger partial charge on any atom is -0.465 e. The molecular formula is C36H40N2O2. The summed E-state index contributed by atoms with van der Waals surface area (Å²) in [5.41, 5.74) is 2.52. The Morgan fingerprint density at radius 1 is 0.500 bits per heavy atom. The van der Waals surface area contributed by atoms with Crippen molar-refractivity contribution in [1.29, 1.82) is 0 Å². The molecule has 4 rings (SSSR count). The van der Waals surface area contributed by atoms with Gasteiger partial charge in [-0.25, -0.2) is 0 Å². The van der Waals surface area contributed by atoms with Gasteiger partial charge in [-0.05, 0) is 74.2 Å². The first-order chi connectivity index (χ1) is 19.7. The number of benzene rings is 4. The second kappa shape index (κ2) is 16.1. The van der Waals surface area contributed by atoms with Crippen molar-refractivity contribution in [2.24, 2.45) is 0 Å². The molecule has 0 amide bonds. The van der Waals surface area contributed by atoms with Crippen molar-refractivity contribution in [1.82, 2.24) is 10.6 Å². The molecule has 0 bridgehead atoms. The lowest BCUT2D eigenvalue weighted by molar-refractivity contribution is 0.321. The fourth-order valence-electron chi connectivity index (χ4n) is 4.67. The van der Waals surface area contributed by atoms with E-state index in [4.69, 9.17) is 9.47 Å². The molecule has 40 heavy (non-hydrogen) atoms. The van der Waals surface area contributed by atoms with Crippen molar-refractivity contribution in [2.45, 2.75) is 50.9 Å². The molecule has 2 N–H and O–H groups in total. The normalized spacial score (nSPS) is 14.6. The van der Waals surface area contributed by atoms with Crippen molar-refractivity contribution >= 4 is 0 Å².